The van der Waals surface area contributed by atoms with Gasteiger partial charge in [-0.1, -0.05) is 30.3 Å². The Labute approximate surface area is 171 Å². The monoisotopic (exact) mass is 412 g/mol. The second kappa shape index (κ2) is 18.0. The fraction of sp³-hybridized carbons (Fsp3) is 0.600. The number of amides is 1. The summed E-state index contributed by atoms with van der Waals surface area (Å²) in [5.74, 6) is -0.511. The van der Waals surface area contributed by atoms with Crippen LogP contribution in [0.15, 0.2) is 30.3 Å². The molecule has 0 aliphatic rings. The Bertz CT molecular complexity index is 543. The molecule has 0 aliphatic heterocycles. The first-order chi connectivity index (χ1) is 14.2. The minimum Gasteiger partial charge on any atom is -0.461 e. The molecule has 0 saturated carbocycles. The number of hydrogen-bond donors (Lipinski definition) is 2. The van der Waals surface area contributed by atoms with Crippen molar-refractivity contribution in [1.29, 1.82) is 0 Å². The van der Waals surface area contributed by atoms with Gasteiger partial charge in [0.2, 0.25) is 5.91 Å². The number of rotatable bonds is 18. The van der Waals surface area contributed by atoms with Crippen LogP contribution in [0.2, 0.25) is 0 Å². The molecule has 1 aromatic rings. The fourth-order valence-corrected chi connectivity index (χ4v) is 2.07. The van der Waals surface area contributed by atoms with Gasteiger partial charge >= 0.3 is 5.97 Å². The highest BCUT2D eigenvalue weighted by molar-refractivity contribution is 5.77. The van der Waals surface area contributed by atoms with Gasteiger partial charge in [-0.25, -0.2) is 0 Å². The molecule has 9 heteroatoms. The highest BCUT2D eigenvalue weighted by atomic mass is 16.5. The molecule has 0 aliphatic carbocycles. The topological polar surface area (TPSA) is 118 Å². The summed E-state index contributed by atoms with van der Waals surface area (Å²) in [6.45, 7) is 3.74. The van der Waals surface area contributed by atoms with Crippen molar-refractivity contribution in [3.05, 3.63) is 35.9 Å². The van der Waals surface area contributed by atoms with Crippen molar-refractivity contribution in [2.24, 2.45) is 5.73 Å². The number of nitrogens with two attached hydrogens (primary N) is 1. The summed E-state index contributed by atoms with van der Waals surface area (Å²) in [4.78, 5) is 23.1. The zero-order chi connectivity index (χ0) is 21.0. The summed E-state index contributed by atoms with van der Waals surface area (Å²) in [6.07, 6.45) is 0.195. The average Bonchev–Trinajstić information content (AvgIpc) is 2.74. The van der Waals surface area contributed by atoms with Gasteiger partial charge in [-0.3, -0.25) is 9.59 Å². The number of esters is 1. The van der Waals surface area contributed by atoms with Crippen LogP contribution in [-0.4, -0.2) is 77.8 Å². The Morgan fingerprint density at radius 3 is 2.21 bits per heavy atom. The molecule has 1 aromatic carbocycles. The van der Waals surface area contributed by atoms with Crippen LogP contribution in [0.5, 0.6) is 0 Å². The van der Waals surface area contributed by atoms with Crippen molar-refractivity contribution in [1.82, 2.24) is 5.32 Å². The average molecular weight is 412 g/mol. The first-order valence-corrected chi connectivity index (χ1v) is 9.69. The number of carbonyl (C=O) groups excluding carboxylic acids is 2. The lowest BCUT2D eigenvalue weighted by atomic mass is 10.2. The smallest absolute Gasteiger partial charge is 0.308 e. The zero-order valence-electron chi connectivity index (χ0n) is 16.8. The van der Waals surface area contributed by atoms with Gasteiger partial charge in [0.05, 0.1) is 52.7 Å². The minimum atomic E-state index is -0.300. The summed E-state index contributed by atoms with van der Waals surface area (Å²) < 4.78 is 26.1. The van der Waals surface area contributed by atoms with E-state index in [1.807, 2.05) is 30.3 Å². The largest absolute Gasteiger partial charge is 0.461 e. The molecular formula is C20H32N2O7. The van der Waals surface area contributed by atoms with E-state index in [0.29, 0.717) is 52.7 Å². The SMILES string of the molecule is NCCOCCOCC(=O)NCCOCCOCCC(=O)OCc1ccccc1. The molecule has 0 unspecified atom stereocenters. The predicted molar refractivity (Wildman–Crippen MR) is 106 cm³/mol. The summed E-state index contributed by atoms with van der Waals surface area (Å²) in [7, 11) is 0. The van der Waals surface area contributed by atoms with Crippen molar-refractivity contribution in [3.8, 4) is 0 Å². The van der Waals surface area contributed by atoms with Gasteiger partial charge in [-0.15, -0.1) is 0 Å². The van der Waals surface area contributed by atoms with E-state index in [9.17, 15) is 9.59 Å². The molecule has 0 aromatic heterocycles. The Balaban J connectivity index is 1.82. The van der Waals surface area contributed by atoms with Crippen LogP contribution in [0.25, 0.3) is 0 Å². The van der Waals surface area contributed by atoms with Crippen molar-refractivity contribution in [3.63, 3.8) is 0 Å². The third-order valence-corrected chi connectivity index (χ3v) is 3.50. The van der Waals surface area contributed by atoms with Crippen LogP contribution in [-0.2, 0) is 39.9 Å². The summed E-state index contributed by atoms with van der Waals surface area (Å²) >= 11 is 0. The maximum absolute atomic E-state index is 11.6. The highest BCUT2D eigenvalue weighted by Crippen LogP contribution is 2.01. The van der Waals surface area contributed by atoms with E-state index in [2.05, 4.69) is 5.32 Å². The second-order valence-corrected chi connectivity index (χ2v) is 5.92. The highest BCUT2D eigenvalue weighted by Gasteiger charge is 2.04. The summed E-state index contributed by atoms with van der Waals surface area (Å²) in [6, 6.07) is 9.50. The minimum absolute atomic E-state index is 0.0184. The van der Waals surface area contributed by atoms with Gasteiger partial charge in [0, 0.05) is 13.1 Å². The second-order valence-electron chi connectivity index (χ2n) is 5.92. The summed E-state index contributed by atoms with van der Waals surface area (Å²) in [5, 5.41) is 2.68. The molecule has 3 N–H and O–H groups in total. The van der Waals surface area contributed by atoms with E-state index >= 15 is 0 Å². The molecule has 0 saturated heterocycles. The molecule has 9 nitrogen and oxygen atoms in total. The first-order valence-electron chi connectivity index (χ1n) is 9.69. The number of carbonyl (C=O) groups is 2. The van der Waals surface area contributed by atoms with Crippen LogP contribution >= 0.6 is 0 Å². The molecule has 0 heterocycles. The van der Waals surface area contributed by atoms with Gasteiger partial charge in [0.15, 0.2) is 0 Å². The Morgan fingerprint density at radius 2 is 1.48 bits per heavy atom. The van der Waals surface area contributed by atoms with Crippen LogP contribution in [0, 0.1) is 0 Å². The van der Waals surface area contributed by atoms with E-state index < -0.39 is 0 Å². The van der Waals surface area contributed by atoms with E-state index in [1.54, 1.807) is 0 Å². The van der Waals surface area contributed by atoms with Crippen molar-refractivity contribution in [2.45, 2.75) is 13.0 Å². The van der Waals surface area contributed by atoms with Crippen LogP contribution < -0.4 is 11.1 Å². The third-order valence-electron chi connectivity index (χ3n) is 3.50. The first kappa shape index (κ1) is 25.0. The maximum Gasteiger partial charge on any atom is 0.308 e. The lowest BCUT2D eigenvalue weighted by Crippen LogP contribution is -2.31. The zero-order valence-corrected chi connectivity index (χ0v) is 16.8. The molecule has 0 spiro atoms. The molecule has 1 rings (SSSR count). The van der Waals surface area contributed by atoms with Crippen molar-refractivity contribution < 1.29 is 33.3 Å². The molecule has 0 atom stereocenters. The van der Waals surface area contributed by atoms with Crippen LogP contribution in [0.1, 0.15) is 12.0 Å². The Morgan fingerprint density at radius 1 is 0.828 bits per heavy atom. The number of ether oxygens (including phenoxy) is 5. The third kappa shape index (κ3) is 15.5. The standard InChI is InChI=1S/C20H32N2O7/c21-7-10-26-14-15-28-17-19(23)22-8-11-27-13-12-25-9-6-20(24)29-16-18-4-2-1-3-5-18/h1-5H,6-17,21H2,(H,22,23). The Kier molecular flexibility index (Phi) is 15.5. The van der Waals surface area contributed by atoms with Gasteiger partial charge in [-0.2, -0.15) is 0 Å². The predicted octanol–water partition coefficient (Wildman–Crippen LogP) is 0.261. The molecule has 29 heavy (non-hydrogen) atoms. The van der Waals surface area contributed by atoms with Gasteiger partial charge < -0.3 is 34.7 Å². The van der Waals surface area contributed by atoms with E-state index in [-0.39, 0.29) is 38.1 Å². The van der Waals surface area contributed by atoms with Gasteiger partial charge in [-0.05, 0) is 5.56 Å². The molecule has 0 bridgehead atoms. The van der Waals surface area contributed by atoms with E-state index in [0.717, 1.165) is 5.56 Å². The molecule has 164 valence electrons. The molecule has 0 fully saturated rings. The normalized spacial score (nSPS) is 10.7. The molecule has 1 amide bonds. The quantitative estimate of drug-likeness (QED) is 0.260. The fourth-order valence-electron chi connectivity index (χ4n) is 2.07. The number of nitrogens with one attached hydrogen (secondary N) is 1. The van der Waals surface area contributed by atoms with Gasteiger partial charge in [0.25, 0.3) is 0 Å². The summed E-state index contributed by atoms with van der Waals surface area (Å²) in [5.41, 5.74) is 6.23. The van der Waals surface area contributed by atoms with Crippen LogP contribution in [0.3, 0.4) is 0 Å². The number of hydrogen-bond acceptors (Lipinski definition) is 8. The van der Waals surface area contributed by atoms with Crippen molar-refractivity contribution >= 4 is 11.9 Å². The van der Waals surface area contributed by atoms with Gasteiger partial charge in [0.1, 0.15) is 13.2 Å². The molecular weight excluding hydrogens is 380 g/mol. The molecule has 0 radical (unpaired) electrons. The van der Waals surface area contributed by atoms with Crippen LogP contribution in [0.4, 0.5) is 0 Å². The van der Waals surface area contributed by atoms with E-state index in [1.165, 1.54) is 0 Å². The van der Waals surface area contributed by atoms with Crippen molar-refractivity contribution in [2.75, 3.05) is 65.9 Å². The lowest BCUT2D eigenvalue weighted by Gasteiger charge is -2.08. The Hall–Kier alpha value is -2.04. The lowest BCUT2D eigenvalue weighted by molar-refractivity contribution is -0.146. The number of benzene rings is 1. The van der Waals surface area contributed by atoms with E-state index in [4.69, 9.17) is 29.4 Å². The maximum atomic E-state index is 11.6.